The fourth-order valence-corrected chi connectivity index (χ4v) is 4.18. The summed E-state index contributed by atoms with van der Waals surface area (Å²) in [6, 6.07) is 5.72. The molecule has 0 bridgehead atoms. The van der Waals surface area contributed by atoms with Crippen molar-refractivity contribution in [2.24, 2.45) is 0 Å². The molecule has 1 N–H and O–H groups in total. The van der Waals surface area contributed by atoms with Gasteiger partial charge in [0.15, 0.2) is 5.69 Å². The molecule has 0 aliphatic rings. The Morgan fingerprint density at radius 1 is 1.10 bits per heavy atom. The van der Waals surface area contributed by atoms with Gasteiger partial charge in [-0.25, -0.2) is 4.98 Å². The van der Waals surface area contributed by atoms with E-state index >= 15 is 0 Å². The molecule has 0 unspecified atom stereocenters. The predicted octanol–water partition coefficient (Wildman–Crippen LogP) is 5.16. The van der Waals surface area contributed by atoms with Crippen molar-refractivity contribution in [3.05, 3.63) is 57.2 Å². The van der Waals surface area contributed by atoms with Crippen LogP contribution in [0.1, 0.15) is 63.6 Å². The van der Waals surface area contributed by atoms with E-state index in [-0.39, 0.29) is 11.6 Å². The number of aryl methyl sites for hydroxylation is 3. The molecular formula is C21H22N4O3S. The first kappa shape index (κ1) is 19.3. The molecule has 8 heteroatoms. The maximum absolute atomic E-state index is 12.9. The van der Waals surface area contributed by atoms with Crippen molar-refractivity contribution in [2.75, 3.05) is 5.32 Å². The van der Waals surface area contributed by atoms with E-state index < -0.39 is 0 Å². The molecule has 0 saturated carbocycles. The number of amides is 1. The summed E-state index contributed by atoms with van der Waals surface area (Å²) in [5.74, 6) is 1.40. The number of thiazole rings is 1. The van der Waals surface area contributed by atoms with Crippen molar-refractivity contribution in [1.29, 1.82) is 0 Å². The number of carbonyl (C=O) groups excluding carboxylic acids is 1. The lowest BCUT2D eigenvalue weighted by atomic mass is 10.0. The molecule has 1 aromatic carbocycles. The van der Waals surface area contributed by atoms with Crippen molar-refractivity contribution < 1.29 is 13.8 Å². The van der Waals surface area contributed by atoms with Gasteiger partial charge >= 0.3 is 0 Å². The van der Waals surface area contributed by atoms with Crippen molar-refractivity contribution in [3.63, 3.8) is 0 Å². The maximum atomic E-state index is 12.9. The zero-order valence-electron chi connectivity index (χ0n) is 17.0. The first-order chi connectivity index (χ1) is 13.8. The summed E-state index contributed by atoms with van der Waals surface area (Å²) in [6.45, 7) is 9.77. The summed E-state index contributed by atoms with van der Waals surface area (Å²) >= 11 is 1.64. The van der Waals surface area contributed by atoms with Gasteiger partial charge in [0.05, 0.1) is 20.9 Å². The summed E-state index contributed by atoms with van der Waals surface area (Å²) in [5, 5.41) is 12.0. The van der Waals surface area contributed by atoms with Crippen LogP contribution in [0, 0.1) is 20.8 Å². The van der Waals surface area contributed by atoms with Crippen LogP contribution in [0.15, 0.2) is 27.2 Å². The summed E-state index contributed by atoms with van der Waals surface area (Å²) in [7, 11) is 0. The first-order valence-electron chi connectivity index (χ1n) is 9.42. The predicted molar refractivity (Wildman–Crippen MR) is 112 cm³/mol. The molecule has 150 valence electrons. The molecule has 4 rings (SSSR count). The lowest BCUT2D eigenvalue weighted by molar-refractivity contribution is 0.101. The van der Waals surface area contributed by atoms with Crippen LogP contribution in [0.25, 0.3) is 10.2 Å². The van der Waals surface area contributed by atoms with Crippen molar-refractivity contribution in [2.45, 2.75) is 47.0 Å². The van der Waals surface area contributed by atoms with Gasteiger partial charge in [0, 0.05) is 29.2 Å². The molecule has 3 heterocycles. The van der Waals surface area contributed by atoms with E-state index in [1.54, 1.807) is 18.3 Å². The average molecular weight is 410 g/mol. The molecule has 7 nitrogen and oxygen atoms in total. The number of anilines is 1. The second-order valence-electron chi connectivity index (χ2n) is 7.39. The summed E-state index contributed by atoms with van der Waals surface area (Å²) < 4.78 is 11.6. The fraction of sp³-hybridized carbons (Fsp3) is 0.333. The Labute approximate surface area is 172 Å². The zero-order valence-corrected chi connectivity index (χ0v) is 17.8. The van der Waals surface area contributed by atoms with Gasteiger partial charge in [-0.2, -0.15) is 0 Å². The second kappa shape index (κ2) is 7.44. The van der Waals surface area contributed by atoms with Gasteiger partial charge in [0.2, 0.25) is 0 Å². The van der Waals surface area contributed by atoms with Crippen molar-refractivity contribution in [3.8, 4) is 0 Å². The lowest BCUT2D eigenvalue weighted by Gasteiger charge is -2.05. The van der Waals surface area contributed by atoms with Gasteiger partial charge in [-0.1, -0.05) is 24.2 Å². The SMILES string of the molecule is Cc1noc(C)c1Cc1c(C(=O)Nc2ccc3nc(C(C)C)sc3c2)noc1C. The van der Waals surface area contributed by atoms with Crippen LogP contribution >= 0.6 is 11.3 Å². The highest BCUT2D eigenvalue weighted by molar-refractivity contribution is 7.18. The van der Waals surface area contributed by atoms with Gasteiger partial charge in [0.25, 0.3) is 5.91 Å². The van der Waals surface area contributed by atoms with Gasteiger partial charge in [-0.05, 0) is 39.0 Å². The quantitative estimate of drug-likeness (QED) is 0.488. The molecule has 0 aliphatic carbocycles. The number of nitrogens with zero attached hydrogens (tertiary/aromatic N) is 3. The summed E-state index contributed by atoms with van der Waals surface area (Å²) in [4.78, 5) is 17.5. The normalized spacial score (nSPS) is 11.5. The average Bonchev–Trinajstić information content (AvgIpc) is 3.35. The number of hydrogen-bond donors (Lipinski definition) is 1. The topological polar surface area (TPSA) is 94.1 Å². The number of fused-ring (bicyclic) bond motifs is 1. The first-order valence-corrected chi connectivity index (χ1v) is 10.2. The van der Waals surface area contributed by atoms with E-state index in [0.29, 0.717) is 23.8 Å². The Hall–Kier alpha value is -3.00. The van der Waals surface area contributed by atoms with Crippen molar-refractivity contribution in [1.82, 2.24) is 15.3 Å². The fourth-order valence-electron chi connectivity index (χ4n) is 3.17. The van der Waals surface area contributed by atoms with Crippen LogP contribution in [-0.2, 0) is 6.42 Å². The molecule has 0 spiro atoms. The third kappa shape index (κ3) is 3.67. The molecule has 4 aromatic rings. The summed E-state index contributed by atoms with van der Waals surface area (Å²) in [5.41, 5.74) is 4.38. The molecular weight excluding hydrogens is 388 g/mol. The third-order valence-corrected chi connectivity index (χ3v) is 6.21. The molecule has 0 fully saturated rings. The van der Waals surface area contributed by atoms with Crippen LogP contribution in [0.4, 0.5) is 5.69 Å². The minimum Gasteiger partial charge on any atom is -0.361 e. The molecule has 0 radical (unpaired) electrons. The van der Waals surface area contributed by atoms with Gasteiger partial charge in [0.1, 0.15) is 11.5 Å². The third-order valence-electron chi connectivity index (χ3n) is 4.89. The number of hydrogen-bond acceptors (Lipinski definition) is 7. The molecule has 0 saturated heterocycles. The van der Waals surface area contributed by atoms with Crippen LogP contribution in [0.3, 0.4) is 0 Å². The Morgan fingerprint density at radius 3 is 2.52 bits per heavy atom. The smallest absolute Gasteiger partial charge is 0.278 e. The minimum absolute atomic E-state index is 0.273. The number of aromatic nitrogens is 3. The largest absolute Gasteiger partial charge is 0.361 e. The number of nitrogens with one attached hydrogen (secondary N) is 1. The van der Waals surface area contributed by atoms with Crippen LogP contribution < -0.4 is 5.32 Å². The molecule has 0 aliphatic heterocycles. The number of benzene rings is 1. The highest BCUT2D eigenvalue weighted by Crippen LogP contribution is 2.30. The Kier molecular flexibility index (Phi) is 4.96. The maximum Gasteiger partial charge on any atom is 0.278 e. The van der Waals surface area contributed by atoms with E-state index in [2.05, 4.69) is 34.5 Å². The number of rotatable bonds is 5. The standard InChI is InChI=1S/C21H22N4O3S/c1-10(2)21-23-17-7-6-14(8-18(17)29-21)22-20(26)19-16(13(5)28-25-19)9-15-11(3)24-27-12(15)4/h6-8,10H,9H2,1-5H3,(H,22,26). The van der Waals surface area contributed by atoms with Gasteiger partial charge in [-0.3, -0.25) is 4.79 Å². The van der Waals surface area contributed by atoms with E-state index in [1.807, 2.05) is 32.0 Å². The molecule has 3 aromatic heterocycles. The van der Waals surface area contributed by atoms with E-state index in [1.165, 1.54) is 0 Å². The molecule has 29 heavy (non-hydrogen) atoms. The highest BCUT2D eigenvalue weighted by atomic mass is 32.1. The van der Waals surface area contributed by atoms with Crippen LogP contribution in [-0.4, -0.2) is 21.2 Å². The van der Waals surface area contributed by atoms with Gasteiger partial charge in [-0.15, -0.1) is 11.3 Å². The lowest BCUT2D eigenvalue weighted by Crippen LogP contribution is -2.14. The monoisotopic (exact) mass is 410 g/mol. The Balaban J connectivity index is 1.60. The number of carbonyl (C=O) groups is 1. The van der Waals surface area contributed by atoms with Crippen molar-refractivity contribution >= 4 is 33.1 Å². The van der Waals surface area contributed by atoms with E-state index in [0.717, 1.165) is 37.8 Å². The second-order valence-corrected chi connectivity index (χ2v) is 8.45. The molecule has 0 atom stereocenters. The van der Waals surface area contributed by atoms with E-state index in [9.17, 15) is 4.79 Å². The highest BCUT2D eigenvalue weighted by Gasteiger charge is 2.23. The Bertz CT molecular complexity index is 1180. The minimum atomic E-state index is -0.309. The molecule has 1 amide bonds. The van der Waals surface area contributed by atoms with Crippen LogP contribution in [0.5, 0.6) is 0 Å². The Morgan fingerprint density at radius 2 is 1.83 bits per heavy atom. The zero-order chi connectivity index (χ0) is 20.7. The summed E-state index contributed by atoms with van der Waals surface area (Å²) in [6.07, 6.45) is 0.477. The van der Waals surface area contributed by atoms with Gasteiger partial charge < -0.3 is 14.4 Å². The van der Waals surface area contributed by atoms with Crippen LogP contribution in [0.2, 0.25) is 0 Å². The van der Waals surface area contributed by atoms with E-state index in [4.69, 9.17) is 9.05 Å².